The van der Waals surface area contributed by atoms with Crippen molar-refractivity contribution in [1.82, 2.24) is 14.9 Å². The Morgan fingerprint density at radius 2 is 2.06 bits per heavy atom. The first-order valence-electron chi connectivity index (χ1n) is 6.79. The van der Waals surface area contributed by atoms with E-state index in [9.17, 15) is 0 Å². The molecular formula is C13H21N5. The van der Waals surface area contributed by atoms with Crippen LogP contribution < -0.4 is 11.1 Å². The number of hydrogen-bond donors (Lipinski definition) is 2. The Morgan fingerprint density at radius 1 is 1.33 bits per heavy atom. The lowest BCUT2D eigenvalue weighted by atomic mass is 9.82. The third-order valence-electron chi connectivity index (χ3n) is 4.37. The molecule has 2 aliphatic heterocycles. The lowest BCUT2D eigenvalue weighted by Gasteiger charge is -2.47. The maximum absolute atomic E-state index is 5.61. The summed E-state index contributed by atoms with van der Waals surface area (Å²) < 4.78 is 0. The summed E-state index contributed by atoms with van der Waals surface area (Å²) in [5, 5.41) is 3.51. The summed E-state index contributed by atoms with van der Waals surface area (Å²) in [5.41, 5.74) is 5.61. The Hall–Kier alpha value is -1.36. The van der Waals surface area contributed by atoms with Crippen LogP contribution in [0.4, 0.5) is 11.8 Å². The van der Waals surface area contributed by atoms with Gasteiger partial charge in [0.05, 0.1) is 0 Å². The molecule has 0 aromatic carbocycles. The van der Waals surface area contributed by atoms with Gasteiger partial charge in [-0.3, -0.25) is 0 Å². The zero-order chi connectivity index (χ0) is 12.5. The molecule has 1 aromatic heterocycles. The van der Waals surface area contributed by atoms with Crippen molar-refractivity contribution in [2.75, 3.05) is 18.1 Å². The molecule has 2 saturated heterocycles. The van der Waals surface area contributed by atoms with Crippen LogP contribution in [0.5, 0.6) is 0 Å². The van der Waals surface area contributed by atoms with Crippen LogP contribution >= 0.6 is 0 Å². The van der Waals surface area contributed by atoms with Crippen molar-refractivity contribution >= 4 is 11.8 Å². The van der Waals surface area contributed by atoms with E-state index in [0.29, 0.717) is 12.0 Å². The number of nitrogens with one attached hydrogen (secondary N) is 1. The predicted octanol–water partition coefficient (Wildman–Crippen LogP) is 1.49. The highest BCUT2D eigenvalue weighted by atomic mass is 15.2. The Kier molecular flexibility index (Phi) is 3.07. The lowest BCUT2D eigenvalue weighted by molar-refractivity contribution is 0.0608. The summed E-state index contributed by atoms with van der Waals surface area (Å²) in [5.74, 6) is 1.20. The monoisotopic (exact) mass is 247 g/mol. The molecule has 18 heavy (non-hydrogen) atoms. The first-order valence-corrected chi connectivity index (χ1v) is 6.79. The van der Waals surface area contributed by atoms with E-state index in [1.165, 1.54) is 32.1 Å². The first kappa shape index (κ1) is 11.7. The van der Waals surface area contributed by atoms with Gasteiger partial charge in [-0.25, -0.2) is 4.98 Å². The van der Waals surface area contributed by atoms with Gasteiger partial charge in [0, 0.05) is 24.3 Å². The van der Waals surface area contributed by atoms with E-state index in [-0.39, 0.29) is 0 Å². The summed E-state index contributed by atoms with van der Waals surface area (Å²) >= 11 is 0. The molecule has 0 saturated carbocycles. The fraction of sp³-hybridized carbons (Fsp3) is 0.692. The van der Waals surface area contributed by atoms with Crippen molar-refractivity contribution < 1.29 is 0 Å². The van der Waals surface area contributed by atoms with Gasteiger partial charge < -0.3 is 16.0 Å². The third-order valence-corrected chi connectivity index (χ3v) is 4.37. The number of rotatable bonds is 2. The zero-order valence-electron chi connectivity index (χ0n) is 10.8. The minimum absolute atomic E-state index is 0.341. The zero-order valence-corrected chi connectivity index (χ0v) is 10.8. The highest BCUT2D eigenvalue weighted by molar-refractivity contribution is 5.38. The van der Waals surface area contributed by atoms with E-state index in [0.717, 1.165) is 17.9 Å². The molecule has 2 aliphatic rings. The summed E-state index contributed by atoms with van der Waals surface area (Å²) in [6.45, 7) is 0. The van der Waals surface area contributed by atoms with E-state index in [4.69, 9.17) is 5.73 Å². The first-order chi connectivity index (χ1) is 8.72. The average molecular weight is 247 g/mol. The molecule has 2 fully saturated rings. The normalized spacial score (nSPS) is 32.2. The second-order valence-corrected chi connectivity index (χ2v) is 5.52. The predicted molar refractivity (Wildman–Crippen MR) is 72.3 cm³/mol. The quantitative estimate of drug-likeness (QED) is 0.828. The van der Waals surface area contributed by atoms with E-state index >= 15 is 0 Å². The van der Waals surface area contributed by atoms with Crippen molar-refractivity contribution in [2.45, 2.75) is 50.2 Å². The highest BCUT2D eigenvalue weighted by Crippen LogP contribution is 2.33. The van der Waals surface area contributed by atoms with Gasteiger partial charge in [0.15, 0.2) is 0 Å². The van der Waals surface area contributed by atoms with Gasteiger partial charge >= 0.3 is 0 Å². The summed E-state index contributed by atoms with van der Waals surface area (Å²) in [6, 6.07) is 3.87. The van der Waals surface area contributed by atoms with Crippen LogP contribution in [-0.4, -0.2) is 40.0 Å². The molecule has 0 radical (unpaired) electrons. The second-order valence-electron chi connectivity index (χ2n) is 5.52. The SMILES string of the molecule is CN1C2CCCC1CC(Nc1ccnc(N)n1)C2. The van der Waals surface area contributed by atoms with E-state index in [1.54, 1.807) is 6.20 Å². The molecule has 2 bridgehead atoms. The molecule has 3 rings (SSSR count). The van der Waals surface area contributed by atoms with Gasteiger partial charge in [-0.05, 0) is 38.8 Å². The minimum Gasteiger partial charge on any atom is -0.368 e. The van der Waals surface area contributed by atoms with Crippen LogP contribution in [0.15, 0.2) is 12.3 Å². The molecular weight excluding hydrogens is 226 g/mol. The number of anilines is 2. The molecule has 2 unspecified atom stereocenters. The van der Waals surface area contributed by atoms with Gasteiger partial charge in [-0.2, -0.15) is 4.98 Å². The van der Waals surface area contributed by atoms with Crippen molar-refractivity contribution in [3.05, 3.63) is 12.3 Å². The van der Waals surface area contributed by atoms with Crippen LogP contribution in [0.3, 0.4) is 0 Å². The Bertz CT molecular complexity index is 408. The second kappa shape index (κ2) is 4.72. The Balaban J connectivity index is 1.68. The molecule has 0 aliphatic carbocycles. The van der Waals surface area contributed by atoms with E-state index < -0.39 is 0 Å². The van der Waals surface area contributed by atoms with Crippen LogP contribution in [0, 0.1) is 0 Å². The standard InChI is InChI=1S/C13H21N5/c1-18-10-3-2-4-11(18)8-9(7-10)16-12-5-6-15-13(14)17-12/h5-6,9-11H,2-4,7-8H2,1H3,(H3,14,15,16,17). The van der Waals surface area contributed by atoms with Gasteiger partial charge in [-0.1, -0.05) is 6.42 Å². The molecule has 3 N–H and O–H groups in total. The molecule has 3 heterocycles. The van der Waals surface area contributed by atoms with Crippen molar-refractivity contribution in [1.29, 1.82) is 0 Å². The van der Waals surface area contributed by atoms with Crippen LogP contribution in [0.25, 0.3) is 0 Å². The largest absolute Gasteiger partial charge is 0.368 e. The fourth-order valence-electron chi connectivity index (χ4n) is 3.40. The number of piperidine rings is 2. The number of nitrogens with two attached hydrogens (primary N) is 1. The Labute approximate surface area is 108 Å². The number of fused-ring (bicyclic) bond motifs is 2. The highest BCUT2D eigenvalue weighted by Gasteiger charge is 2.35. The van der Waals surface area contributed by atoms with Crippen LogP contribution in [-0.2, 0) is 0 Å². The van der Waals surface area contributed by atoms with E-state index in [2.05, 4.69) is 27.2 Å². The van der Waals surface area contributed by atoms with Crippen LogP contribution in [0.1, 0.15) is 32.1 Å². The Morgan fingerprint density at radius 3 is 2.72 bits per heavy atom. The topological polar surface area (TPSA) is 67.1 Å². The molecule has 0 amide bonds. The van der Waals surface area contributed by atoms with Gasteiger partial charge in [-0.15, -0.1) is 0 Å². The summed E-state index contributed by atoms with van der Waals surface area (Å²) in [6.07, 6.45) is 8.16. The average Bonchev–Trinajstić information content (AvgIpc) is 2.30. The molecule has 5 nitrogen and oxygen atoms in total. The van der Waals surface area contributed by atoms with Crippen molar-refractivity contribution in [3.8, 4) is 0 Å². The number of nitrogens with zero attached hydrogens (tertiary/aromatic N) is 3. The smallest absolute Gasteiger partial charge is 0.221 e. The van der Waals surface area contributed by atoms with Crippen molar-refractivity contribution in [3.63, 3.8) is 0 Å². The lowest BCUT2D eigenvalue weighted by Crippen LogP contribution is -2.52. The van der Waals surface area contributed by atoms with Gasteiger partial charge in [0.25, 0.3) is 0 Å². The fourth-order valence-corrected chi connectivity index (χ4v) is 3.40. The van der Waals surface area contributed by atoms with Gasteiger partial charge in [0.2, 0.25) is 5.95 Å². The summed E-state index contributed by atoms with van der Waals surface area (Å²) in [4.78, 5) is 10.7. The number of aromatic nitrogens is 2. The van der Waals surface area contributed by atoms with Gasteiger partial charge in [0.1, 0.15) is 5.82 Å². The third kappa shape index (κ3) is 2.27. The number of hydrogen-bond acceptors (Lipinski definition) is 5. The van der Waals surface area contributed by atoms with Crippen molar-refractivity contribution in [2.24, 2.45) is 0 Å². The molecule has 0 spiro atoms. The van der Waals surface area contributed by atoms with E-state index in [1.807, 2.05) is 6.07 Å². The summed E-state index contributed by atoms with van der Waals surface area (Å²) in [7, 11) is 2.27. The minimum atomic E-state index is 0.341. The molecule has 2 atom stereocenters. The molecule has 98 valence electrons. The maximum Gasteiger partial charge on any atom is 0.221 e. The number of nitrogen functional groups attached to an aromatic ring is 1. The molecule has 5 heteroatoms. The maximum atomic E-state index is 5.61. The van der Waals surface area contributed by atoms with Crippen LogP contribution in [0.2, 0.25) is 0 Å². The molecule has 1 aromatic rings.